The van der Waals surface area contributed by atoms with Gasteiger partial charge in [0.05, 0.1) is 33.1 Å². The summed E-state index contributed by atoms with van der Waals surface area (Å²) in [6.07, 6.45) is 0. The van der Waals surface area contributed by atoms with Crippen molar-refractivity contribution in [3.05, 3.63) is 145 Å². The number of nitrogens with zero attached hydrogens (tertiary/aromatic N) is 4. The number of thiophene rings is 1. The predicted molar refractivity (Wildman–Crippen MR) is 224 cm³/mol. The number of hydrogen-bond donors (Lipinski definition) is 0. The first-order valence-corrected chi connectivity index (χ1v) is 19.4. The summed E-state index contributed by atoms with van der Waals surface area (Å²) in [7, 11) is 0. The number of benzene rings is 6. The highest BCUT2D eigenvalue weighted by Crippen LogP contribution is 2.56. The monoisotopic (exact) mass is 702 g/mol. The summed E-state index contributed by atoms with van der Waals surface area (Å²) in [5, 5.41) is 7.18. The van der Waals surface area contributed by atoms with Gasteiger partial charge < -0.3 is 4.57 Å². The Hall–Kier alpha value is -5.78. The van der Waals surface area contributed by atoms with Crippen LogP contribution in [0.15, 0.2) is 133 Å². The molecule has 1 aliphatic rings. The standard InChI is InChI=1S/C48H38N4S/c1-28-47(2,3)35-21-15-24-38(41(35)48(28,4)5)51-36-22-12-9-18-30(36)32-26-27-33-31-19-10-13-23-37(31)52(43(33)42(32)51)45-40-34-20-11-14-25-39(34)53-46(40)50-44(49-45)29-16-7-6-8-17-29/h6-28H,1-5H3. The van der Waals surface area contributed by atoms with Crippen LogP contribution in [0.4, 0.5) is 0 Å². The molecule has 1 atom stereocenters. The van der Waals surface area contributed by atoms with Gasteiger partial charge in [0, 0.05) is 37.2 Å². The zero-order valence-electron chi connectivity index (χ0n) is 30.5. The van der Waals surface area contributed by atoms with Gasteiger partial charge in [-0.05, 0) is 52.1 Å². The first-order valence-electron chi connectivity index (χ1n) is 18.6. The van der Waals surface area contributed by atoms with Crippen LogP contribution in [0.25, 0.3) is 86.8 Å². The van der Waals surface area contributed by atoms with Crippen LogP contribution >= 0.6 is 11.3 Å². The Morgan fingerprint density at radius 2 is 1.15 bits per heavy atom. The Morgan fingerprint density at radius 3 is 1.87 bits per heavy atom. The SMILES string of the molecule is CC1C(C)(C)c2cccc(-n3c4ccccc4c4ccc5c6ccccc6n(-c6nc(-c7ccccc7)nc7sc8ccccc8c67)c5c43)c2C1(C)C. The van der Waals surface area contributed by atoms with Crippen LogP contribution in [-0.4, -0.2) is 19.1 Å². The molecule has 0 saturated heterocycles. The normalized spacial score (nSPS) is 16.5. The summed E-state index contributed by atoms with van der Waals surface area (Å²) < 4.78 is 6.25. The van der Waals surface area contributed by atoms with Gasteiger partial charge in [0.1, 0.15) is 4.83 Å². The average molecular weight is 703 g/mol. The molecule has 0 fully saturated rings. The van der Waals surface area contributed by atoms with E-state index in [9.17, 15) is 0 Å². The van der Waals surface area contributed by atoms with E-state index in [2.05, 4.69) is 171 Å². The molecule has 256 valence electrons. The molecule has 0 spiro atoms. The Kier molecular flexibility index (Phi) is 6.19. The van der Waals surface area contributed by atoms with Gasteiger partial charge in [-0.1, -0.05) is 144 Å². The molecule has 0 bridgehead atoms. The van der Waals surface area contributed by atoms with E-state index in [0.717, 1.165) is 38.5 Å². The van der Waals surface area contributed by atoms with Gasteiger partial charge in [-0.15, -0.1) is 11.3 Å². The lowest BCUT2D eigenvalue weighted by molar-refractivity contribution is 0.264. The molecule has 5 heteroatoms. The van der Waals surface area contributed by atoms with Crippen molar-refractivity contribution in [3.8, 4) is 22.9 Å². The van der Waals surface area contributed by atoms with E-state index in [1.165, 1.54) is 59.5 Å². The number of para-hydroxylation sites is 2. The second-order valence-corrected chi connectivity index (χ2v) is 17.0. The summed E-state index contributed by atoms with van der Waals surface area (Å²) in [5.74, 6) is 2.11. The van der Waals surface area contributed by atoms with Crippen LogP contribution in [0.2, 0.25) is 0 Å². The van der Waals surface area contributed by atoms with E-state index in [-0.39, 0.29) is 10.8 Å². The maximum Gasteiger partial charge on any atom is 0.163 e. The zero-order valence-corrected chi connectivity index (χ0v) is 31.3. The number of fused-ring (bicyclic) bond motifs is 11. The average Bonchev–Trinajstić information content (AvgIpc) is 3.87. The van der Waals surface area contributed by atoms with Crippen molar-refractivity contribution in [1.82, 2.24) is 19.1 Å². The molecule has 0 saturated carbocycles. The molecule has 4 heterocycles. The van der Waals surface area contributed by atoms with Crippen molar-refractivity contribution in [2.75, 3.05) is 0 Å². The van der Waals surface area contributed by atoms with Crippen LogP contribution in [0.1, 0.15) is 45.7 Å². The molecule has 11 rings (SSSR count). The minimum absolute atomic E-state index is 0.0350. The lowest BCUT2D eigenvalue weighted by Crippen LogP contribution is -2.31. The third kappa shape index (κ3) is 4.01. The minimum Gasteiger partial charge on any atom is -0.307 e. The third-order valence-corrected chi connectivity index (χ3v) is 13.8. The van der Waals surface area contributed by atoms with E-state index >= 15 is 0 Å². The molecular formula is C48H38N4S. The summed E-state index contributed by atoms with van der Waals surface area (Å²) in [6.45, 7) is 12.2. The maximum atomic E-state index is 5.56. The molecule has 1 unspecified atom stereocenters. The highest BCUT2D eigenvalue weighted by atomic mass is 32.1. The van der Waals surface area contributed by atoms with Crippen LogP contribution in [0.5, 0.6) is 0 Å². The molecule has 0 N–H and O–H groups in total. The quantitative estimate of drug-likeness (QED) is 0.184. The van der Waals surface area contributed by atoms with Gasteiger partial charge >= 0.3 is 0 Å². The van der Waals surface area contributed by atoms with E-state index in [1.807, 2.05) is 6.07 Å². The van der Waals surface area contributed by atoms with Gasteiger partial charge in [-0.25, -0.2) is 9.97 Å². The van der Waals surface area contributed by atoms with Gasteiger partial charge in [-0.3, -0.25) is 4.57 Å². The minimum atomic E-state index is -0.0350. The highest BCUT2D eigenvalue weighted by molar-refractivity contribution is 7.25. The van der Waals surface area contributed by atoms with E-state index in [0.29, 0.717) is 5.92 Å². The summed E-state index contributed by atoms with van der Waals surface area (Å²) in [6, 6.07) is 48.5. The Balaban J connectivity index is 1.38. The second-order valence-electron chi connectivity index (χ2n) is 15.9. The first-order chi connectivity index (χ1) is 25.7. The van der Waals surface area contributed by atoms with Gasteiger partial charge in [-0.2, -0.15) is 0 Å². The predicted octanol–water partition coefficient (Wildman–Crippen LogP) is 12.9. The van der Waals surface area contributed by atoms with Crippen molar-refractivity contribution in [2.24, 2.45) is 5.92 Å². The van der Waals surface area contributed by atoms with E-state index in [1.54, 1.807) is 11.3 Å². The number of aromatic nitrogens is 4. The third-order valence-electron chi connectivity index (χ3n) is 12.7. The molecule has 4 aromatic heterocycles. The first kappa shape index (κ1) is 30.8. The highest BCUT2D eigenvalue weighted by Gasteiger charge is 2.50. The van der Waals surface area contributed by atoms with Crippen molar-refractivity contribution in [3.63, 3.8) is 0 Å². The van der Waals surface area contributed by atoms with Gasteiger partial charge in [0.25, 0.3) is 0 Å². The molecular weight excluding hydrogens is 665 g/mol. The fourth-order valence-corrected chi connectivity index (χ4v) is 10.8. The van der Waals surface area contributed by atoms with Crippen molar-refractivity contribution in [2.45, 2.75) is 45.4 Å². The van der Waals surface area contributed by atoms with Gasteiger partial charge in [0.15, 0.2) is 11.6 Å². The maximum absolute atomic E-state index is 5.56. The van der Waals surface area contributed by atoms with E-state index in [4.69, 9.17) is 9.97 Å². The molecule has 0 amide bonds. The van der Waals surface area contributed by atoms with Crippen LogP contribution in [0.3, 0.4) is 0 Å². The summed E-state index contributed by atoms with van der Waals surface area (Å²) in [4.78, 5) is 11.8. The molecule has 53 heavy (non-hydrogen) atoms. The molecule has 4 nitrogen and oxygen atoms in total. The molecule has 0 radical (unpaired) electrons. The number of hydrogen-bond acceptors (Lipinski definition) is 3. The van der Waals surface area contributed by atoms with Crippen molar-refractivity contribution in [1.29, 1.82) is 0 Å². The fourth-order valence-electron chi connectivity index (χ4n) is 9.75. The summed E-state index contributed by atoms with van der Waals surface area (Å²) in [5.41, 5.74) is 9.88. The topological polar surface area (TPSA) is 35.6 Å². The molecule has 10 aromatic rings. The second kappa shape index (κ2) is 10.6. The Morgan fingerprint density at radius 1 is 0.547 bits per heavy atom. The van der Waals surface area contributed by atoms with Crippen molar-refractivity contribution >= 4 is 75.3 Å². The molecule has 0 aliphatic heterocycles. The van der Waals surface area contributed by atoms with Crippen LogP contribution in [-0.2, 0) is 10.8 Å². The van der Waals surface area contributed by atoms with E-state index < -0.39 is 0 Å². The van der Waals surface area contributed by atoms with Crippen LogP contribution < -0.4 is 0 Å². The summed E-state index contributed by atoms with van der Waals surface area (Å²) >= 11 is 1.74. The Bertz CT molecular complexity index is 3140. The number of rotatable bonds is 3. The van der Waals surface area contributed by atoms with Gasteiger partial charge in [0.2, 0.25) is 0 Å². The molecule has 1 aliphatic carbocycles. The largest absolute Gasteiger partial charge is 0.307 e. The lowest BCUT2D eigenvalue weighted by Gasteiger charge is -2.33. The van der Waals surface area contributed by atoms with Crippen LogP contribution in [0, 0.1) is 5.92 Å². The Labute approximate surface area is 312 Å². The smallest absolute Gasteiger partial charge is 0.163 e. The molecule has 6 aromatic carbocycles. The lowest BCUT2D eigenvalue weighted by atomic mass is 9.71. The zero-order chi connectivity index (χ0) is 35.8. The fraction of sp³-hybridized carbons (Fsp3) is 0.167. The van der Waals surface area contributed by atoms with Crippen molar-refractivity contribution < 1.29 is 0 Å².